The number of anilines is 2. The van der Waals surface area contributed by atoms with E-state index in [9.17, 15) is 9.59 Å². The minimum atomic E-state index is -1.03. The molecule has 0 fully saturated rings. The van der Waals surface area contributed by atoms with Crippen LogP contribution in [0.5, 0.6) is 5.75 Å². The number of benzene rings is 2. The molecule has 2 aromatic rings. The normalized spacial score (nSPS) is 17.6. The quantitative estimate of drug-likeness (QED) is 0.460. The first-order chi connectivity index (χ1) is 14.4. The Morgan fingerprint density at radius 3 is 2.60 bits per heavy atom. The molecule has 1 aliphatic heterocycles. The molecule has 0 bridgehead atoms. The summed E-state index contributed by atoms with van der Waals surface area (Å²) in [7, 11) is 0. The van der Waals surface area contributed by atoms with E-state index in [0.29, 0.717) is 26.0 Å². The van der Waals surface area contributed by atoms with E-state index in [1.54, 1.807) is 0 Å². The van der Waals surface area contributed by atoms with Crippen molar-refractivity contribution in [3.05, 3.63) is 54.1 Å². The fraction of sp³-hybridized carbons (Fsp3) is 0.391. The summed E-state index contributed by atoms with van der Waals surface area (Å²) in [5.41, 5.74) is 3.10. The number of hydrogen-bond donors (Lipinski definition) is 4. The summed E-state index contributed by atoms with van der Waals surface area (Å²) in [6.07, 6.45) is 0.258. The first kappa shape index (κ1) is 21.5. The van der Waals surface area contributed by atoms with E-state index in [1.165, 1.54) is 0 Å². The van der Waals surface area contributed by atoms with E-state index in [0.717, 1.165) is 22.7 Å². The number of para-hydroxylation sites is 1. The average molecular weight is 412 g/mol. The van der Waals surface area contributed by atoms with Gasteiger partial charge in [0.25, 0.3) is 0 Å². The topological polar surface area (TPSA) is 99.7 Å². The lowest BCUT2D eigenvalue weighted by Gasteiger charge is -2.34. The zero-order chi connectivity index (χ0) is 21.5. The molecule has 3 rings (SSSR count). The van der Waals surface area contributed by atoms with Gasteiger partial charge in [0.15, 0.2) is 5.78 Å². The predicted octanol–water partition coefficient (Wildman–Crippen LogP) is 4.29. The predicted molar refractivity (Wildman–Crippen MR) is 117 cm³/mol. The number of amides is 1. The lowest BCUT2D eigenvalue weighted by Crippen LogP contribution is -2.39. The number of carbonyl (C=O) groups excluding carboxylic acids is 1. The molecule has 0 unspecified atom stereocenters. The highest BCUT2D eigenvalue weighted by Crippen LogP contribution is 2.36. The summed E-state index contributed by atoms with van der Waals surface area (Å²) in [6.45, 7) is 4.67. The van der Waals surface area contributed by atoms with Crippen molar-refractivity contribution in [1.82, 2.24) is 5.32 Å². The van der Waals surface area contributed by atoms with E-state index < -0.39 is 6.09 Å². The molecule has 7 heteroatoms. The third-order valence-corrected chi connectivity index (χ3v) is 5.11. The van der Waals surface area contributed by atoms with E-state index in [2.05, 4.69) is 22.0 Å². The Bertz CT molecular complexity index is 867. The van der Waals surface area contributed by atoms with Crippen LogP contribution in [0.25, 0.3) is 0 Å². The maximum absolute atomic E-state index is 12.6. The van der Waals surface area contributed by atoms with Crippen molar-refractivity contribution >= 4 is 23.3 Å². The number of ketones is 1. The Morgan fingerprint density at radius 1 is 1.17 bits per heavy atom. The molecule has 160 valence electrons. The molecule has 0 saturated heterocycles. The monoisotopic (exact) mass is 411 g/mol. The van der Waals surface area contributed by atoms with Crippen molar-refractivity contribution in [2.24, 2.45) is 5.92 Å². The van der Waals surface area contributed by atoms with Gasteiger partial charge in [-0.25, -0.2) is 4.79 Å². The maximum atomic E-state index is 12.6. The molecular formula is C23H29N3O4. The fourth-order valence-electron chi connectivity index (χ4n) is 3.57. The largest absolute Gasteiger partial charge is 0.494 e. The molecule has 0 radical (unpaired) electrons. The van der Waals surface area contributed by atoms with Gasteiger partial charge in [-0.1, -0.05) is 32.0 Å². The van der Waals surface area contributed by atoms with Gasteiger partial charge in [0.05, 0.1) is 18.7 Å². The summed E-state index contributed by atoms with van der Waals surface area (Å²) in [6, 6.07) is 15.6. The Kier molecular flexibility index (Phi) is 7.17. The first-order valence-electron chi connectivity index (χ1n) is 10.3. The van der Waals surface area contributed by atoms with Crippen molar-refractivity contribution in [2.45, 2.75) is 38.8 Å². The molecule has 0 spiro atoms. The highest BCUT2D eigenvalue weighted by atomic mass is 16.5. The molecule has 4 N–H and O–H groups in total. The minimum absolute atomic E-state index is 0.0180. The summed E-state index contributed by atoms with van der Waals surface area (Å²) >= 11 is 0. The molecule has 0 saturated carbocycles. The maximum Gasteiger partial charge on any atom is 0.404 e. The van der Waals surface area contributed by atoms with Gasteiger partial charge in [0, 0.05) is 23.8 Å². The SMILES string of the molecule is CC(C)C(=O)[C@@H]1C[C@@H](Nc2ccc(OCCCNC(=O)O)cc2)c2ccccc2N1. The molecule has 2 atom stereocenters. The first-order valence-corrected chi connectivity index (χ1v) is 10.3. The zero-order valence-electron chi connectivity index (χ0n) is 17.4. The second-order valence-electron chi connectivity index (χ2n) is 7.73. The van der Waals surface area contributed by atoms with Gasteiger partial charge in [-0.2, -0.15) is 0 Å². The molecular weight excluding hydrogens is 382 g/mol. The molecule has 1 aliphatic rings. The Balaban J connectivity index is 1.62. The third-order valence-electron chi connectivity index (χ3n) is 5.11. The van der Waals surface area contributed by atoms with Gasteiger partial charge < -0.3 is 25.8 Å². The average Bonchev–Trinajstić information content (AvgIpc) is 2.73. The van der Waals surface area contributed by atoms with Crippen LogP contribution < -0.4 is 20.7 Å². The lowest BCUT2D eigenvalue weighted by molar-refractivity contribution is -0.122. The summed E-state index contributed by atoms with van der Waals surface area (Å²) < 4.78 is 5.65. The van der Waals surface area contributed by atoms with Gasteiger partial charge in [0.1, 0.15) is 5.75 Å². The van der Waals surface area contributed by atoms with Crippen LogP contribution in [0.4, 0.5) is 16.2 Å². The standard InChI is InChI=1S/C23H29N3O4/c1-15(2)22(27)21-14-20(18-6-3-4-7-19(18)26-21)25-16-8-10-17(11-9-16)30-13-5-12-24-23(28)29/h3-4,6-11,15,20-21,24-26H,5,12-14H2,1-2H3,(H,28,29)/t20-,21+/m1/s1. The van der Waals surface area contributed by atoms with E-state index in [4.69, 9.17) is 9.84 Å². The minimum Gasteiger partial charge on any atom is -0.494 e. The van der Waals surface area contributed by atoms with Crippen LogP contribution in [-0.4, -0.2) is 36.2 Å². The van der Waals surface area contributed by atoms with Gasteiger partial charge in [-0.05, 0) is 48.7 Å². The summed E-state index contributed by atoms with van der Waals surface area (Å²) in [4.78, 5) is 23.0. The Hall–Kier alpha value is -3.22. The summed E-state index contributed by atoms with van der Waals surface area (Å²) in [5, 5.41) is 17.8. The molecule has 1 heterocycles. The number of nitrogens with one attached hydrogen (secondary N) is 3. The van der Waals surface area contributed by atoms with Crippen LogP contribution in [0, 0.1) is 5.92 Å². The number of Topliss-reactive ketones (excluding diaryl/α,β-unsaturated/α-hetero) is 1. The van der Waals surface area contributed by atoms with Crippen LogP contribution in [0.1, 0.15) is 38.3 Å². The van der Waals surface area contributed by atoms with E-state index in [1.807, 2.05) is 56.3 Å². The molecule has 0 aliphatic carbocycles. The fourth-order valence-corrected chi connectivity index (χ4v) is 3.57. The second kappa shape index (κ2) is 10.0. The number of rotatable bonds is 9. The van der Waals surface area contributed by atoms with Crippen molar-refractivity contribution in [2.75, 3.05) is 23.8 Å². The molecule has 30 heavy (non-hydrogen) atoms. The Labute approximate surface area is 176 Å². The van der Waals surface area contributed by atoms with Crippen LogP contribution in [0.3, 0.4) is 0 Å². The van der Waals surface area contributed by atoms with Gasteiger partial charge >= 0.3 is 6.09 Å². The van der Waals surface area contributed by atoms with E-state index in [-0.39, 0.29) is 23.8 Å². The van der Waals surface area contributed by atoms with Crippen LogP contribution >= 0.6 is 0 Å². The van der Waals surface area contributed by atoms with Crippen LogP contribution in [0.15, 0.2) is 48.5 Å². The van der Waals surface area contributed by atoms with E-state index >= 15 is 0 Å². The molecule has 2 aromatic carbocycles. The number of carbonyl (C=O) groups is 2. The highest BCUT2D eigenvalue weighted by molar-refractivity contribution is 5.89. The van der Waals surface area contributed by atoms with Gasteiger partial charge in [0.2, 0.25) is 0 Å². The second-order valence-corrected chi connectivity index (χ2v) is 7.73. The van der Waals surface area contributed by atoms with Crippen molar-refractivity contribution < 1.29 is 19.4 Å². The molecule has 1 amide bonds. The number of hydrogen-bond acceptors (Lipinski definition) is 5. The van der Waals surface area contributed by atoms with Crippen molar-refractivity contribution in [3.8, 4) is 5.75 Å². The molecule has 7 nitrogen and oxygen atoms in total. The highest BCUT2D eigenvalue weighted by Gasteiger charge is 2.31. The van der Waals surface area contributed by atoms with Crippen LogP contribution in [-0.2, 0) is 4.79 Å². The van der Waals surface area contributed by atoms with Gasteiger partial charge in [-0.15, -0.1) is 0 Å². The van der Waals surface area contributed by atoms with Gasteiger partial charge in [-0.3, -0.25) is 4.79 Å². The number of carboxylic acid groups (broad SMARTS) is 1. The Morgan fingerprint density at radius 2 is 1.90 bits per heavy atom. The van der Waals surface area contributed by atoms with Crippen LogP contribution in [0.2, 0.25) is 0 Å². The van der Waals surface area contributed by atoms with Crippen molar-refractivity contribution in [3.63, 3.8) is 0 Å². The van der Waals surface area contributed by atoms with Crippen molar-refractivity contribution in [1.29, 1.82) is 0 Å². The number of ether oxygens (including phenoxy) is 1. The smallest absolute Gasteiger partial charge is 0.404 e. The molecule has 0 aromatic heterocycles. The lowest BCUT2D eigenvalue weighted by atomic mass is 9.88. The summed E-state index contributed by atoms with van der Waals surface area (Å²) in [5.74, 6) is 0.933. The third kappa shape index (κ3) is 5.65. The number of fused-ring (bicyclic) bond motifs is 1. The zero-order valence-corrected chi connectivity index (χ0v) is 17.4.